The monoisotopic (exact) mass is 396 g/mol. The van der Waals surface area contributed by atoms with Crippen molar-refractivity contribution in [3.8, 4) is 11.5 Å². The van der Waals surface area contributed by atoms with Crippen LogP contribution in [0.25, 0.3) is 10.8 Å². The number of hydrogen-bond donors (Lipinski definition) is 2. The molecule has 0 aliphatic rings. The quantitative estimate of drug-likeness (QED) is 0.210. The van der Waals surface area contributed by atoms with E-state index in [9.17, 15) is 4.79 Å². The molecular weight excluding hydrogens is 376 g/mol. The summed E-state index contributed by atoms with van der Waals surface area (Å²) < 4.78 is 11.3. The van der Waals surface area contributed by atoms with Crippen LogP contribution in [-0.4, -0.2) is 11.8 Å². The van der Waals surface area contributed by atoms with Crippen LogP contribution in [0.2, 0.25) is 0 Å². The molecule has 0 saturated carbocycles. The fraction of sp³-hybridized carbons (Fsp3) is 0.0400. The second-order valence-electron chi connectivity index (χ2n) is 6.79. The van der Waals surface area contributed by atoms with Crippen molar-refractivity contribution in [1.29, 1.82) is 5.41 Å². The minimum Gasteiger partial charge on any atom is -0.489 e. The Hall–Kier alpha value is -4.12. The van der Waals surface area contributed by atoms with E-state index in [-0.39, 0.29) is 17.0 Å². The van der Waals surface area contributed by atoms with Gasteiger partial charge in [0, 0.05) is 5.56 Å². The van der Waals surface area contributed by atoms with Crippen LogP contribution in [-0.2, 0) is 6.61 Å². The van der Waals surface area contributed by atoms with E-state index in [0.717, 1.165) is 16.3 Å². The number of fused-ring (bicyclic) bond motifs is 1. The van der Waals surface area contributed by atoms with Gasteiger partial charge in [-0.3, -0.25) is 5.41 Å². The van der Waals surface area contributed by atoms with Crippen LogP contribution in [0.4, 0.5) is 0 Å². The summed E-state index contributed by atoms with van der Waals surface area (Å²) in [6.07, 6.45) is 0. The summed E-state index contributed by atoms with van der Waals surface area (Å²) in [4.78, 5) is 12.8. The van der Waals surface area contributed by atoms with Gasteiger partial charge in [0.1, 0.15) is 23.9 Å². The molecule has 0 radical (unpaired) electrons. The third kappa shape index (κ3) is 4.31. The highest BCUT2D eigenvalue weighted by Gasteiger charge is 2.17. The van der Waals surface area contributed by atoms with Crippen LogP contribution in [0.5, 0.6) is 11.5 Å². The molecule has 148 valence electrons. The fourth-order valence-electron chi connectivity index (χ4n) is 3.15. The molecule has 4 rings (SSSR count). The number of carbonyl (C=O) groups is 1. The molecule has 0 fully saturated rings. The summed E-state index contributed by atoms with van der Waals surface area (Å²) in [5, 5.41) is 9.89. The summed E-state index contributed by atoms with van der Waals surface area (Å²) in [5.41, 5.74) is 7.21. The summed E-state index contributed by atoms with van der Waals surface area (Å²) >= 11 is 0. The number of hydrogen-bond acceptors (Lipinski definition) is 4. The van der Waals surface area contributed by atoms with Crippen LogP contribution >= 0.6 is 0 Å². The third-order valence-corrected chi connectivity index (χ3v) is 4.68. The maximum absolute atomic E-state index is 12.8. The van der Waals surface area contributed by atoms with E-state index in [1.807, 2.05) is 60.7 Å². The average Bonchev–Trinajstić information content (AvgIpc) is 2.78. The van der Waals surface area contributed by atoms with Crippen LogP contribution in [0.1, 0.15) is 21.5 Å². The first-order valence-electron chi connectivity index (χ1n) is 9.46. The van der Waals surface area contributed by atoms with E-state index < -0.39 is 5.97 Å². The molecule has 3 N–H and O–H groups in total. The summed E-state index contributed by atoms with van der Waals surface area (Å²) in [6.45, 7) is 0.374. The van der Waals surface area contributed by atoms with Gasteiger partial charge >= 0.3 is 5.97 Å². The zero-order valence-corrected chi connectivity index (χ0v) is 16.2. The normalized spacial score (nSPS) is 10.5. The van der Waals surface area contributed by atoms with Gasteiger partial charge in [-0.1, -0.05) is 60.7 Å². The van der Waals surface area contributed by atoms with E-state index in [4.69, 9.17) is 20.6 Å². The van der Waals surface area contributed by atoms with Crippen molar-refractivity contribution < 1.29 is 14.3 Å². The Morgan fingerprint density at radius 3 is 2.23 bits per heavy atom. The van der Waals surface area contributed by atoms with Crippen molar-refractivity contribution in [3.05, 3.63) is 108 Å². The zero-order valence-electron chi connectivity index (χ0n) is 16.2. The lowest BCUT2D eigenvalue weighted by atomic mass is 10.1. The van der Waals surface area contributed by atoms with Crippen molar-refractivity contribution in [2.24, 2.45) is 5.73 Å². The van der Waals surface area contributed by atoms with Crippen molar-refractivity contribution in [3.63, 3.8) is 0 Å². The van der Waals surface area contributed by atoms with Gasteiger partial charge in [-0.2, -0.15) is 0 Å². The highest BCUT2D eigenvalue weighted by atomic mass is 16.5. The molecule has 0 heterocycles. The Bertz CT molecular complexity index is 1220. The highest BCUT2D eigenvalue weighted by molar-refractivity contribution is 6.06. The number of ether oxygens (including phenoxy) is 2. The van der Waals surface area contributed by atoms with Crippen molar-refractivity contribution in [2.45, 2.75) is 6.61 Å². The van der Waals surface area contributed by atoms with Crippen LogP contribution < -0.4 is 15.2 Å². The molecule has 4 aromatic carbocycles. The second kappa shape index (κ2) is 8.49. The Kier molecular flexibility index (Phi) is 5.44. The van der Waals surface area contributed by atoms with Crippen molar-refractivity contribution in [1.82, 2.24) is 0 Å². The van der Waals surface area contributed by atoms with Crippen LogP contribution in [0.3, 0.4) is 0 Å². The number of carbonyl (C=O) groups excluding carboxylic acids is 1. The van der Waals surface area contributed by atoms with Gasteiger partial charge < -0.3 is 15.2 Å². The largest absolute Gasteiger partial charge is 0.489 e. The molecule has 0 amide bonds. The predicted octanol–water partition coefficient (Wildman–Crippen LogP) is 4.92. The number of benzene rings is 4. The molecule has 0 bridgehead atoms. The Balaban J connectivity index is 1.54. The number of nitrogens with one attached hydrogen (secondary N) is 1. The lowest BCUT2D eigenvalue weighted by molar-refractivity contribution is 0.0734. The number of esters is 1. The zero-order chi connectivity index (χ0) is 20.9. The molecule has 4 aromatic rings. The summed E-state index contributed by atoms with van der Waals surface area (Å²) in [6, 6.07) is 27.8. The first kappa shape index (κ1) is 19.2. The number of nitrogens with two attached hydrogens (primary N) is 1. The molecule has 0 unspecified atom stereocenters. The van der Waals surface area contributed by atoms with Crippen molar-refractivity contribution in [2.75, 3.05) is 0 Å². The lowest BCUT2D eigenvalue weighted by Gasteiger charge is -2.12. The van der Waals surface area contributed by atoms with Gasteiger partial charge in [-0.25, -0.2) is 4.79 Å². The third-order valence-electron chi connectivity index (χ3n) is 4.68. The standard InChI is InChI=1S/C25H20N2O3/c26-24(27)23-15-20(29-16-17-6-2-1-3-7-17)12-13-22(23)25(28)30-21-11-10-18-8-4-5-9-19(18)14-21/h1-15H,16H2,(H3,26,27). The SMILES string of the molecule is N=C(N)c1cc(OCc2ccccc2)ccc1C(=O)Oc1ccc2ccccc2c1. The molecule has 0 saturated heterocycles. The summed E-state index contributed by atoms with van der Waals surface area (Å²) in [7, 11) is 0. The van der Waals surface area contributed by atoms with Gasteiger partial charge in [-0.05, 0) is 46.7 Å². The van der Waals surface area contributed by atoms with Gasteiger partial charge in [0.05, 0.1) is 5.56 Å². The van der Waals surface area contributed by atoms with E-state index in [1.54, 1.807) is 30.3 Å². The molecule has 0 aliphatic heterocycles. The molecule has 0 aliphatic carbocycles. The van der Waals surface area contributed by atoms with Crippen LogP contribution in [0.15, 0.2) is 91.0 Å². The predicted molar refractivity (Wildman–Crippen MR) is 117 cm³/mol. The first-order valence-corrected chi connectivity index (χ1v) is 9.46. The van der Waals surface area contributed by atoms with Gasteiger partial charge in [-0.15, -0.1) is 0 Å². The molecule has 0 spiro atoms. The average molecular weight is 396 g/mol. The number of amidine groups is 1. The van der Waals surface area contributed by atoms with E-state index >= 15 is 0 Å². The maximum Gasteiger partial charge on any atom is 0.344 e. The van der Waals surface area contributed by atoms with Gasteiger partial charge in [0.25, 0.3) is 0 Å². The molecule has 30 heavy (non-hydrogen) atoms. The first-order chi connectivity index (χ1) is 14.6. The minimum absolute atomic E-state index is 0.211. The highest BCUT2D eigenvalue weighted by Crippen LogP contribution is 2.24. The Morgan fingerprint density at radius 1 is 0.767 bits per heavy atom. The number of rotatable bonds is 6. The molecule has 5 nitrogen and oxygen atoms in total. The van der Waals surface area contributed by atoms with Gasteiger partial charge in [0.15, 0.2) is 0 Å². The lowest BCUT2D eigenvalue weighted by Crippen LogP contribution is -2.19. The maximum atomic E-state index is 12.8. The van der Waals surface area contributed by atoms with Gasteiger partial charge in [0.2, 0.25) is 0 Å². The second-order valence-corrected chi connectivity index (χ2v) is 6.79. The van der Waals surface area contributed by atoms with E-state index in [1.165, 1.54) is 0 Å². The number of nitrogen functional groups attached to an aromatic ring is 1. The topological polar surface area (TPSA) is 85.4 Å². The fourth-order valence-corrected chi connectivity index (χ4v) is 3.15. The smallest absolute Gasteiger partial charge is 0.344 e. The molecule has 0 atom stereocenters. The van der Waals surface area contributed by atoms with Crippen LogP contribution in [0, 0.1) is 5.41 Å². The molecule has 5 heteroatoms. The van der Waals surface area contributed by atoms with E-state index in [0.29, 0.717) is 18.1 Å². The van der Waals surface area contributed by atoms with E-state index in [2.05, 4.69) is 0 Å². The minimum atomic E-state index is -0.579. The molecular formula is C25H20N2O3. The van der Waals surface area contributed by atoms with Crippen molar-refractivity contribution >= 4 is 22.6 Å². The Morgan fingerprint density at radius 2 is 1.47 bits per heavy atom. The summed E-state index contributed by atoms with van der Waals surface area (Å²) in [5.74, 6) is 0.139. The Labute approximate surface area is 174 Å². The molecule has 0 aromatic heterocycles.